The van der Waals surface area contributed by atoms with Crippen LogP contribution >= 0.6 is 0 Å². The van der Waals surface area contributed by atoms with Crippen LogP contribution in [0.2, 0.25) is 0 Å². The second kappa shape index (κ2) is 8.01. The zero-order valence-electron chi connectivity index (χ0n) is 14.3. The summed E-state index contributed by atoms with van der Waals surface area (Å²) in [6, 6.07) is 5.50. The summed E-state index contributed by atoms with van der Waals surface area (Å²) in [7, 11) is 5.51. The highest BCUT2D eigenvalue weighted by atomic mass is 16.5. The molecule has 1 unspecified atom stereocenters. The lowest BCUT2D eigenvalue weighted by molar-refractivity contribution is -0.141. The lowest BCUT2D eigenvalue weighted by atomic mass is 10.1. The summed E-state index contributed by atoms with van der Waals surface area (Å²) in [6.07, 6.45) is 0.0671. The van der Waals surface area contributed by atoms with Crippen molar-refractivity contribution in [1.29, 1.82) is 0 Å². The van der Waals surface area contributed by atoms with Gasteiger partial charge in [-0.05, 0) is 31.8 Å². The van der Waals surface area contributed by atoms with Crippen LogP contribution < -0.4 is 9.47 Å². The molecule has 1 saturated heterocycles. The zero-order chi connectivity index (χ0) is 17.7. The first-order chi connectivity index (χ1) is 11.4. The van der Waals surface area contributed by atoms with Gasteiger partial charge in [0, 0.05) is 26.1 Å². The fraction of sp³-hybridized carbons (Fsp3) is 0.529. The number of nitrogens with zero attached hydrogens (tertiary/aromatic N) is 2. The number of carbonyl (C=O) groups is 2. The molecule has 24 heavy (non-hydrogen) atoms. The highest BCUT2D eigenvalue weighted by molar-refractivity contribution is 5.86. The van der Waals surface area contributed by atoms with E-state index in [1.165, 1.54) is 0 Å². The largest absolute Gasteiger partial charge is 0.493 e. The fourth-order valence-corrected chi connectivity index (χ4v) is 2.58. The molecule has 132 valence electrons. The molecule has 1 fully saturated rings. The van der Waals surface area contributed by atoms with Gasteiger partial charge in [-0.1, -0.05) is 6.07 Å². The molecule has 7 heteroatoms. The van der Waals surface area contributed by atoms with Crippen molar-refractivity contribution in [2.45, 2.75) is 13.0 Å². The highest BCUT2D eigenvalue weighted by Gasteiger charge is 2.34. The Morgan fingerprint density at radius 2 is 2.12 bits per heavy atom. The molecule has 2 rings (SSSR count). The van der Waals surface area contributed by atoms with Gasteiger partial charge in [-0.15, -0.1) is 0 Å². The van der Waals surface area contributed by atoms with Crippen LogP contribution in [-0.4, -0.2) is 67.7 Å². The number of carboxylic acids is 1. The lowest BCUT2D eigenvalue weighted by Gasteiger charge is -2.18. The standard InChI is InChI=1S/C17H24N2O5/c1-18(2)6-7-24-15-8-12(4-5-14(15)23-3)10-19-11-13(17(21)22)9-16(19)20/h4-5,8,13H,6-7,9-11H2,1-3H3,(H,21,22). The van der Waals surface area contributed by atoms with E-state index in [1.807, 2.05) is 31.1 Å². The molecule has 1 aromatic carbocycles. The first-order valence-corrected chi connectivity index (χ1v) is 7.85. The predicted molar refractivity (Wildman–Crippen MR) is 88.2 cm³/mol. The zero-order valence-corrected chi connectivity index (χ0v) is 14.3. The summed E-state index contributed by atoms with van der Waals surface area (Å²) < 4.78 is 11.1. The summed E-state index contributed by atoms with van der Waals surface area (Å²) in [5, 5.41) is 9.05. The number of methoxy groups -OCH3 is 1. The molecule has 7 nitrogen and oxygen atoms in total. The van der Waals surface area contributed by atoms with E-state index in [0.717, 1.165) is 12.1 Å². The summed E-state index contributed by atoms with van der Waals surface area (Å²) in [6.45, 7) is 1.92. The smallest absolute Gasteiger partial charge is 0.308 e. The van der Waals surface area contributed by atoms with Gasteiger partial charge in [-0.3, -0.25) is 9.59 Å². The number of carboxylic acid groups (broad SMARTS) is 1. The molecule has 0 aliphatic carbocycles. The molecule has 1 heterocycles. The van der Waals surface area contributed by atoms with Gasteiger partial charge in [0.1, 0.15) is 6.61 Å². The van der Waals surface area contributed by atoms with Gasteiger partial charge in [0.05, 0.1) is 13.0 Å². The number of likely N-dealkylation sites (tertiary alicyclic amines) is 1. The molecule has 0 bridgehead atoms. The maximum Gasteiger partial charge on any atom is 0.308 e. The third-order valence-corrected chi connectivity index (χ3v) is 3.96. The average molecular weight is 336 g/mol. The second-order valence-corrected chi connectivity index (χ2v) is 6.15. The van der Waals surface area contributed by atoms with Gasteiger partial charge in [-0.2, -0.15) is 0 Å². The molecule has 1 aliphatic rings. The molecule has 1 aromatic rings. The van der Waals surface area contributed by atoms with E-state index < -0.39 is 11.9 Å². The average Bonchev–Trinajstić information content (AvgIpc) is 2.88. The first kappa shape index (κ1) is 18.1. The number of hydrogen-bond acceptors (Lipinski definition) is 5. The number of amides is 1. The van der Waals surface area contributed by atoms with Crippen molar-refractivity contribution in [3.05, 3.63) is 23.8 Å². The Balaban J connectivity index is 2.05. The number of likely N-dealkylation sites (N-methyl/N-ethyl adjacent to an activating group) is 1. The van der Waals surface area contributed by atoms with Crippen LogP contribution in [0.4, 0.5) is 0 Å². The highest BCUT2D eigenvalue weighted by Crippen LogP contribution is 2.29. The maximum atomic E-state index is 11.9. The van der Waals surface area contributed by atoms with Crippen molar-refractivity contribution < 1.29 is 24.2 Å². The number of aliphatic carboxylic acids is 1. The van der Waals surface area contributed by atoms with E-state index >= 15 is 0 Å². The lowest BCUT2D eigenvalue weighted by Crippen LogP contribution is -2.25. The molecule has 1 aliphatic heterocycles. The van der Waals surface area contributed by atoms with Crippen LogP contribution in [0.5, 0.6) is 11.5 Å². The molecule has 1 amide bonds. The van der Waals surface area contributed by atoms with E-state index in [9.17, 15) is 9.59 Å². The van der Waals surface area contributed by atoms with Crippen LogP contribution in [0.25, 0.3) is 0 Å². The van der Waals surface area contributed by atoms with Crippen molar-refractivity contribution in [2.24, 2.45) is 5.92 Å². The minimum atomic E-state index is -0.923. The number of rotatable bonds is 8. The Morgan fingerprint density at radius 1 is 1.38 bits per heavy atom. The predicted octanol–water partition coefficient (Wildman–Crippen LogP) is 1.07. The third kappa shape index (κ3) is 4.61. The summed E-state index contributed by atoms with van der Waals surface area (Å²) in [4.78, 5) is 26.6. The maximum absolute atomic E-state index is 11.9. The molecular weight excluding hydrogens is 312 g/mol. The SMILES string of the molecule is COc1ccc(CN2CC(C(=O)O)CC2=O)cc1OCCN(C)C. The minimum Gasteiger partial charge on any atom is -0.493 e. The van der Waals surface area contributed by atoms with Crippen LogP contribution in [0.15, 0.2) is 18.2 Å². The van der Waals surface area contributed by atoms with Crippen LogP contribution in [0, 0.1) is 5.92 Å². The van der Waals surface area contributed by atoms with E-state index in [4.69, 9.17) is 14.6 Å². The van der Waals surface area contributed by atoms with Crippen LogP contribution in [0.1, 0.15) is 12.0 Å². The normalized spacial score (nSPS) is 17.4. The second-order valence-electron chi connectivity index (χ2n) is 6.15. The van der Waals surface area contributed by atoms with E-state index in [2.05, 4.69) is 0 Å². The van der Waals surface area contributed by atoms with E-state index in [0.29, 0.717) is 24.7 Å². The number of ether oxygens (including phenoxy) is 2. The fourth-order valence-electron chi connectivity index (χ4n) is 2.58. The monoisotopic (exact) mass is 336 g/mol. The van der Waals surface area contributed by atoms with Gasteiger partial charge in [0.15, 0.2) is 11.5 Å². The molecule has 1 N–H and O–H groups in total. The van der Waals surface area contributed by atoms with Crippen LogP contribution in [0.3, 0.4) is 0 Å². The molecule has 0 spiro atoms. The molecule has 0 radical (unpaired) electrons. The Morgan fingerprint density at radius 3 is 2.71 bits per heavy atom. The number of carbonyl (C=O) groups excluding carboxylic acids is 1. The van der Waals surface area contributed by atoms with E-state index in [1.54, 1.807) is 18.1 Å². The molecule has 0 saturated carbocycles. The first-order valence-electron chi connectivity index (χ1n) is 7.85. The molecular formula is C17H24N2O5. The van der Waals surface area contributed by atoms with Crippen molar-refractivity contribution >= 4 is 11.9 Å². The third-order valence-electron chi connectivity index (χ3n) is 3.96. The number of hydrogen-bond donors (Lipinski definition) is 1. The van der Waals surface area contributed by atoms with Gasteiger partial charge < -0.3 is 24.4 Å². The van der Waals surface area contributed by atoms with Gasteiger partial charge in [0.25, 0.3) is 0 Å². The van der Waals surface area contributed by atoms with Gasteiger partial charge in [-0.25, -0.2) is 0 Å². The van der Waals surface area contributed by atoms with Crippen molar-refractivity contribution in [3.8, 4) is 11.5 Å². The summed E-state index contributed by atoms with van der Waals surface area (Å²) >= 11 is 0. The van der Waals surface area contributed by atoms with Gasteiger partial charge >= 0.3 is 5.97 Å². The minimum absolute atomic E-state index is 0.0671. The molecule has 0 aromatic heterocycles. The Bertz CT molecular complexity index is 603. The molecule has 1 atom stereocenters. The number of benzene rings is 1. The topological polar surface area (TPSA) is 79.3 Å². The Hall–Kier alpha value is -2.28. The quantitative estimate of drug-likeness (QED) is 0.765. The van der Waals surface area contributed by atoms with Gasteiger partial charge in [0.2, 0.25) is 5.91 Å². The summed E-state index contributed by atoms with van der Waals surface area (Å²) in [5.41, 5.74) is 0.884. The van der Waals surface area contributed by atoms with Crippen molar-refractivity contribution in [2.75, 3.05) is 40.9 Å². The van der Waals surface area contributed by atoms with E-state index in [-0.39, 0.29) is 18.9 Å². The van der Waals surface area contributed by atoms with Crippen molar-refractivity contribution in [1.82, 2.24) is 9.80 Å². The van der Waals surface area contributed by atoms with Crippen LogP contribution in [-0.2, 0) is 16.1 Å². The van der Waals surface area contributed by atoms with Crippen molar-refractivity contribution in [3.63, 3.8) is 0 Å². The Labute approximate surface area is 141 Å². The Kier molecular flexibility index (Phi) is 6.03. The summed E-state index contributed by atoms with van der Waals surface area (Å²) in [5.74, 6) is -0.417.